The van der Waals surface area contributed by atoms with Gasteiger partial charge in [-0.1, -0.05) is 6.07 Å². The van der Waals surface area contributed by atoms with Gasteiger partial charge in [-0.2, -0.15) is 11.8 Å². The van der Waals surface area contributed by atoms with Gasteiger partial charge in [0.05, 0.1) is 5.69 Å². The zero-order valence-electron chi connectivity index (χ0n) is 9.20. The third-order valence-electron chi connectivity index (χ3n) is 2.70. The molecule has 1 atom stereocenters. The van der Waals surface area contributed by atoms with Crippen molar-refractivity contribution in [3.05, 3.63) is 29.6 Å². The number of pyridine rings is 1. The fraction of sp³-hybridized carbons (Fsp3) is 0.583. The Bertz CT molecular complexity index is 291. The van der Waals surface area contributed by atoms with Crippen molar-refractivity contribution in [2.75, 3.05) is 11.5 Å². The molecule has 2 heterocycles. The second kappa shape index (κ2) is 5.52. The molecule has 2 nitrogen and oxygen atoms in total. The molecule has 0 saturated carbocycles. The summed E-state index contributed by atoms with van der Waals surface area (Å²) in [5.74, 6) is 2.59. The van der Waals surface area contributed by atoms with Gasteiger partial charge in [0.2, 0.25) is 0 Å². The molecule has 1 N–H and O–H groups in total. The van der Waals surface area contributed by atoms with Crippen molar-refractivity contribution in [1.82, 2.24) is 10.3 Å². The van der Waals surface area contributed by atoms with Crippen molar-refractivity contribution in [3.63, 3.8) is 0 Å². The zero-order chi connectivity index (χ0) is 10.5. The molecule has 2 rings (SSSR count). The van der Waals surface area contributed by atoms with E-state index >= 15 is 0 Å². The van der Waals surface area contributed by atoms with Crippen LogP contribution in [0.2, 0.25) is 0 Å². The highest BCUT2D eigenvalue weighted by atomic mass is 32.2. The Kier molecular flexibility index (Phi) is 4.03. The summed E-state index contributed by atoms with van der Waals surface area (Å²) in [4.78, 5) is 4.39. The van der Waals surface area contributed by atoms with Gasteiger partial charge in [-0.25, -0.2) is 0 Å². The van der Waals surface area contributed by atoms with Crippen molar-refractivity contribution >= 4 is 11.8 Å². The third-order valence-corrected chi connectivity index (χ3v) is 3.92. The first-order valence-corrected chi connectivity index (χ1v) is 6.73. The number of thioether (sulfide) groups is 1. The summed E-state index contributed by atoms with van der Waals surface area (Å²) < 4.78 is 0. The first kappa shape index (κ1) is 11.0. The third kappa shape index (κ3) is 3.50. The number of rotatable bonds is 3. The van der Waals surface area contributed by atoms with Crippen LogP contribution in [0.15, 0.2) is 18.3 Å². The van der Waals surface area contributed by atoms with Crippen molar-refractivity contribution in [2.24, 2.45) is 0 Å². The van der Waals surface area contributed by atoms with Crippen LogP contribution >= 0.6 is 11.8 Å². The van der Waals surface area contributed by atoms with E-state index in [2.05, 4.69) is 41.1 Å². The first-order valence-electron chi connectivity index (χ1n) is 5.57. The minimum atomic E-state index is 0.687. The molecule has 0 amide bonds. The zero-order valence-corrected chi connectivity index (χ0v) is 10.0. The van der Waals surface area contributed by atoms with Crippen LogP contribution in [0.1, 0.15) is 24.1 Å². The van der Waals surface area contributed by atoms with Crippen LogP contribution in [0.4, 0.5) is 0 Å². The largest absolute Gasteiger partial charge is 0.308 e. The molecule has 1 aromatic heterocycles. The number of aromatic nitrogens is 1. The minimum absolute atomic E-state index is 0.687. The minimum Gasteiger partial charge on any atom is -0.308 e. The maximum atomic E-state index is 4.39. The number of nitrogens with one attached hydrogen (secondary N) is 1. The van der Waals surface area contributed by atoms with Crippen LogP contribution in [0.25, 0.3) is 0 Å². The van der Waals surface area contributed by atoms with Crippen LogP contribution in [-0.4, -0.2) is 22.5 Å². The molecule has 3 heteroatoms. The van der Waals surface area contributed by atoms with Crippen LogP contribution in [0, 0.1) is 6.92 Å². The topological polar surface area (TPSA) is 24.9 Å². The molecule has 82 valence electrons. The quantitative estimate of drug-likeness (QED) is 0.850. The summed E-state index contributed by atoms with van der Waals surface area (Å²) in [6.45, 7) is 2.98. The Morgan fingerprint density at radius 3 is 3.13 bits per heavy atom. The van der Waals surface area contributed by atoms with Crippen molar-refractivity contribution in [1.29, 1.82) is 0 Å². The summed E-state index contributed by atoms with van der Waals surface area (Å²) in [5.41, 5.74) is 2.38. The fourth-order valence-corrected chi connectivity index (χ4v) is 2.86. The van der Waals surface area contributed by atoms with Crippen LogP contribution in [0.5, 0.6) is 0 Å². The summed E-state index contributed by atoms with van der Waals surface area (Å²) in [6.07, 6.45) is 4.61. The standard InChI is InChI=1S/C12H18N2S/c1-10-4-5-11(13-7-10)8-14-12-3-2-6-15-9-12/h4-5,7,12,14H,2-3,6,8-9H2,1H3. The Morgan fingerprint density at radius 2 is 2.47 bits per heavy atom. The number of hydrogen-bond acceptors (Lipinski definition) is 3. The molecule has 1 fully saturated rings. The van der Waals surface area contributed by atoms with Crippen LogP contribution in [0.3, 0.4) is 0 Å². The average molecular weight is 222 g/mol. The lowest BCUT2D eigenvalue weighted by Crippen LogP contribution is -2.33. The molecule has 1 aliphatic heterocycles. The molecule has 0 aliphatic carbocycles. The van der Waals surface area contributed by atoms with Gasteiger partial charge >= 0.3 is 0 Å². The Balaban J connectivity index is 1.79. The first-order chi connectivity index (χ1) is 7.34. The van der Waals surface area contributed by atoms with E-state index in [4.69, 9.17) is 0 Å². The molecule has 0 bridgehead atoms. The molecule has 1 saturated heterocycles. The predicted molar refractivity (Wildman–Crippen MR) is 66.2 cm³/mol. The van der Waals surface area contributed by atoms with Gasteiger partial charge in [0.1, 0.15) is 0 Å². The van der Waals surface area contributed by atoms with Gasteiger partial charge in [0, 0.05) is 24.5 Å². The molecule has 1 aromatic rings. The number of hydrogen-bond donors (Lipinski definition) is 1. The van der Waals surface area contributed by atoms with Crippen LogP contribution in [-0.2, 0) is 6.54 Å². The van der Waals surface area contributed by atoms with E-state index in [1.807, 2.05) is 6.20 Å². The molecular weight excluding hydrogens is 204 g/mol. The summed E-state index contributed by atoms with van der Waals surface area (Å²) in [6, 6.07) is 4.92. The van der Waals surface area contributed by atoms with Crippen molar-refractivity contribution in [3.8, 4) is 0 Å². The molecule has 15 heavy (non-hydrogen) atoms. The molecule has 1 unspecified atom stereocenters. The van der Waals surface area contributed by atoms with Gasteiger partial charge in [-0.05, 0) is 37.1 Å². The van der Waals surface area contributed by atoms with Gasteiger partial charge in [-0.3, -0.25) is 4.98 Å². The summed E-state index contributed by atoms with van der Waals surface area (Å²) in [7, 11) is 0. The maximum absolute atomic E-state index is 4.39. The normalized spacial score (nSPS) is 21.5. The van der Waals surface area contributed by atoms with Crippen LogP contribution < -0.4 is 5.32 Å². The molecule has 1 aliphatic rings. The van der Waals surface area contributed by atoms with Gasteiger partial charge in [-0.15, -0.1) is 0 Å². The lowest BCUT2D eigenvalue weighted by atomic mass is 10.2. The average Bonchev–Trinajstić information content (AvgIpc) is 2.30. The van der Waals surface area contributed by atoms with E-state index in [-0.39, 0.29) is 0 Å². The lowest BCUT2D eigenvalue weighted by molar-refractivity contribution is 0.503. The Hall–Kier alpha value is -0.540. The van der Waals surface area contributed by atoms with E-state index in [9.17, 15) is 0 Å². The molecule has 0 radical (unpaired) electrons. The van der Waals surface area contributed by atoms with Gasteiger partial charge in [0.15, 0.2) is 0 Å². The smallest absolute Gasteiger partial charge is 0.0541 e. The SMILES string of the molecule is Cc1ccc(CNC2CCCSC2)nc1. The Labute approximate surface area is 95.9 Å². The Morgan fingerprint density at radius 1 is 1.53 bits per heavy atom. The van der Waals surface area contributed by atoms with Crippen molar-refractivity contribution < 1.29 is 0 Å². The highest BCUT2D eigenvalue weighted by molar-refractivity contribution is 7.99. The van der Waals surface area contributed by atoms with E-state index < -0.39 is 0 Å². The lowest BCUT2D eigenvalue weighted by Gasteiger charge is -2.22. The van der Waals surface area contributed by atoms with Gasteiger partial charge < -0.3 is 5.32 Å². The number of nitrogens with zero attached hydrogens (tertiary/aromatic N) is 1. The van der Waals surface area contributed by atoms with E-state index in [1.165, 1.54) is 29.9 Å². The maximum Gasteiger partial charge on any atom is 0.0541 e. The second-order valence-corrected chi connectivity index (χ2v) is 5.27. The highest BCUT2D eigenvalue weighted by Gasteiger charge is 2.12. The second-order valence-electron chi connectivity index (χ2n) is 4.12. The predicted octanol–water partition coefficient (Wildman–Crippen LogP) is 2.38. The van der Waals surface area contributed by atoms with Gasteiger partial charge in [0.25, 0.3) is 0 Å². The van der Waals surface area contributed by atoms with E-state index in [1.54, 1.807) is 0 Å². The highest BCUT2D eigenvalue weighted by Crippen LogP contribution is 2.17. The molecular formula is C12H18N2S. The molecule has 0 spiro atoms. The van der Waals surface area contributed by atoms with E-state index in [0.29, 0.717) is 6.04 Å². The monoisotopic (exact) mass is 222 g/mol. The molecule has 0 aromatic carbocycles. The fourth-order valence-electron chi connectivity index (χ4n) is 1.75. The van der Waals surface area contributed by atoms with Crippen molar-refractivity contribution in [2.45, 2.75) is 32.4 Å². The number of aryl methyl sites for hydroxylation is 1. The summed E-state index contributed by atoms with van der Waals surface area (Å²) in [5, 5.41) is 3.57. The summed E-state index contributed by atoms with van der Waals surface area (Å²) >= 11 is 2.06. The van der Waals surface area contributed by atoms with E-state index in [0.717, 1.165) is 12.2 Å².